The van der Waals surface area contributed by atoms with E-state index in [9.17, 15) is 22.8 Å². The molecule has 0 saturated carbocycles. The average molecular weight is 381 g/mol. The number of hydrogen-bond donors (Lipinski definition) is 1. The van der Waals surface area contributed by atoms with Crippen molar-refractivity contribution in [2.45, 2.75) is 19.6 Å². The number of aryl methyl sites for hydroxylation is 2. The van der Waals surface area contributed by atoms with Gasteiger partial charge in [-0.2, -0.15) is 13.2 Å². The van der Waals surface area contributed by atoms with Crippen molar-refractivity contribution >= 4 is 16.9 Å². The van der Waals surface area contributed by atoms with Crippen molar-refractivity contribution < 1.29 is 13.2 Å². The van der Waals surface area contributed by atoms with Crippen LogP contribution in [-0.4, -0.2) is 25.2 Å². The molecule has 0 atom stereocenters. The van der Waals surface area contributed by atoms with E-state index >= 15 is 0 Å². The molecule has 7 nitrogen and oxygen atoms in total. The van der Waals surface area contributed by atoms with Gasteiger partial charge < -0.3 is 9.88 Å². The Morgan fingerprint density at radius 3 is 2.52 bits per heavy atom. The van der Waals surface area contributed by atoms with Crippen molar-refractivity contribution in [3.05, 3.63) is 56.5 Å². The highest BCUT2D eigenvalue weighted by Gasteiger charge is 2.32. The number of nitrogens with one attached hydrogen (secondary N) is 1. The zero-order chi connectivity index (χ0) is 19.9. The molecule has 10 heteroatoms. The summed E-state index contributed by atoms with van der Waals surface area (Å²) in [7, 11) is 2.90. The molecule has 1 N–H and O–H groups in total. The fourth-order valence-electron chi connectivity index (χ4n) is 2.92. The maximum atomic E-state index is 13.0. The van der Waals surface area contributed by atoms with Crippen LogP contribution < -0.4 is 16.6 Å². The second-order valence-corrected chi connectivity index (χ2v) is 6.27. The zero-order valence-electron chi connectivity index (χ0n) is 15.0. The number of halogens is 3. The van der Waals surface area contributed by atoms with Gasteiger partial charge in [0.15, 0.2) is 11.2 Å². The van der Waals surface area contributed by atoms with Gasteiger partial charge in [0.05, 0.1) is 11.9 Å². The Balaban J connectivity index is 1.83. The van der Waals surface area contributed by atoms with Crippen molar-refractivity contribution in [1.29, 1.82) is 0 Å². The van der Waals surface area contributed by atoms with E-state index in [1.807, 2.05) is 0 Å². The second-order valence-electron chi connectivity index (χ2n) is 6.27. The van der Waals surface area contributed by atoms with Crippen LogP contribution in [0.4, 0.5) is 18.9 Å². The van der Waals surface area contributed by atoms with E-state index in [-0.39, 0.29) is 23.3 Å². The highest BCUT2D eigenvalue weighted by molar-refractivity contribution is 5.69. The van der Waals surface area contributed by atoms with Crippen molar-refractivity contribution in [2.24, 2.45) is 14.1 Å². The molecule has 3 rings (SSSR count). The van der Waals surface area contributed by atoms with Crippen LogP contribution in [0, 0.1) is 6.92 Å². The van der Waals surface area contributed by atoms with E-state index in [1.54, 1.807) is 10.6 Å². The minimum absolute atomic E-state index is 0.151. The van der Waals surface area contributed by atoms with Crippen LogP contribution in [0.1, 0.15) is 11.1 Å². The first-order valence-electron chi connectivity index (χ1n) is 8.14. The van der Waals surface area contributed by atoms with Crippen molar-refractivity contribution in [1.82, 2.24) is 18.7 Å². The van der Waals surface area contributed by atoms with Gasteiger partial charge in [0, 0.05) is 32.9 Å². The molecule has 0 fully saturated rings. The summed E-state index contributed by atoms with van der Waals surface area (Å²) >= 11 is 0. The molecular weight excluding hydrogens is 363 g/mol. The fraction of sp³-hybridized carbons (Fsp3) is 0.353. The zero-order valence-corrected chi connectivity index (χ0v) is 15.0. The molecule has 2 aromatic heterocycles. The Morgan fingerprint density at radius 1 is 1.15 bits per heavy atom. The molecule has 1 aromatic carbocycles. The first-order valence-corrected chi connectivity index (χ1v) is 8.14. The van der Waals surface area contributed by atoms with Crippen LogP contribution in [0.3, 0.4) is 0 Å². The Bertz CT molecular complexity index is 1120. The summed E-state index contributed by atoms with van der Waals surface area (Å²) in [6, 6.07) is 4.03. The third kappa shape index (κ3) is 3.34. The Kier molecular flexibility index (Phi) is 4.58. The Hall–Kier alpha value is -3.04. The molecule has 0 saturated heterocycles. The van der Waals surface area contributed by atoms with Crippen LogP contribution in [0.5, 0.6) is 0 Å². The monoisotopic (exact) mass is 381 g/mol. The summed E-state index contributed by atoms with van der Waals surface area (Å²) in [5, 5.41) is 2.92. The summed E-state index contributed by atoms with van der Waals surface area (Å²) < 4.78 is 42.8. The largest absolute Gasteiger partial charge is 0.416 e. The molecule has 0 aliphatic rings. The highest BCUT2D eigenvalue weighted by Crippen LogP contribution is 2.33. The van der Waals surface area contributed by atoms with Crippen molar-refractivity contribution in [2.75, 3.05) is 11.9 Å². The molecule has 144 valence electrons. The third-order valence-corrected chi connectivity index (χ3v) is 4.44. The van der Waals surface area contributed by atoms with E-state index in [0.29, 0.717) is 12.2 Å². The minimum Gasteiger partial charge on any atom is -0.383 e. The molecule has 27 heavy (non-hydrogen) atoms. The summed E-state index contributed by atoms with van der Waals surface area (Å²) in [4.78, 5) is 28.4. The molecular formula is C17H18F3N5O2. The predicted molar refractivity (Wildman–Crippen MR) is 94.9 cm³/mol. The van der Waals surface area contributed by atoms with Crippen LogP contribution in [0.25, 0.3) is 11.2 Å². The van der Waals surface area contributed by atoms with Gasteiger partial charge in [-0.25, -0.2) is 9.78 Å². The topological polar surface area (TPSA) is 73.8 Å². The van der Waals surface area contributed by atoms with Crippen molar-refractivity contribution in [3.8, 4) is 0 Å². The van der Waals surface area contributed by atoms with Gasteiger partial charge in [-0.05, 0) is 24.6 Å². The number of anilines is 1. The van der Waals surface area contributed by atoms with E-state index in [0.717, 1.165) is 10.6 Å². The SMILES string of the molecule is Cc1ccc(NCCn2cnc3c2c(=O)n(C)c(=O)n3C)cc1C(F)(F)F. The highest BCUT2D eigenvalue weighted by atomic mass is 19.4. The molecule has 0 bridgehead atoms. The number of fused-ring (bicyclic) bond motifs is 1. The van der Waals surface area contributed by atoms with Gasteiger partial charge in [0.1, 0.15) is 0 Å². The van der Waals surface area contributed by atoms with E-state index < -0.39 is 23.0 Å². The smallest absolute Gasteiger partial charge is 0.383 e. The number of nitrogens with zero attached hydrogens (tertiary/aromatic N) is 4. The lowest BCUT2D eigenvalue weighted by atomic mass is 10.1. The van der Waals surface area contributed by atoms with E-state index in [2.05, 4.69) is 10.3 Å². The van der Waals surface area contributed by atoms with Gasteiger partial charge in [-0.1, -0.05) is 6.07 Å². The normalized spacial score (nSPS) is 11.9. The lowest BCUT2D eigenvalue weighted by Gasteiger charge is -2.13. The van der Waals surface area contributed by atoms with Crippen LogP contribution in [-0.2, 0) is 26.8 Å². The Labute approximate surface area is 151 Å². The summed E-state index contributed by atoms with van der Waals surface area (Å²) in [6.07, 6.45) is -2.98. The van der Waals surface area contributed by atoms with E-state index in [4.69, 9.17) is 0 Å². The fourth-order valence-corrected chi connectivity index (χ4v) is 2.92. The number of aromatic nitrogens is 4. The van der Waals surface area contributed by atoms with Gasteiger partial charge in [0.2, 0.25) is 0 Å². The maximum Gasteiger partial charge on any atom is 0.416 e. The molecule has 0 aliphatic carbocycles. The van der Waals surface area contributed by atoms with Crippen LogP contribution in [0.15, 0.2) is 34.1 Å². The minimum atomic E-state index is -4.42. The van der Waals surface area contributed by atoms with E-state index in [1.165, 1.54) is 38.0 Å². The summed E-state index contributed by atoms with van der Waals surface area (Å²) in [6.45, 7) is 1.97. The molecule has 3 aromatic rings. The molecule has 0 spiro atoms. The number of benzene rings is 1. The summed E-state index contributed by atoms with van der Waals surface area (Å²) in [5.41, 5.74) is -0.630. The lowest BCUT2D eigenvalue weighted by Crippen LogP contribution is -2.37. The number of alkyl halides is 3. The third-order valence-electron chi connectivity index (χ3n) is 4.44. The quantitative estimate of drug-likeness (QED) is 0.749. The molecule has 0 aliphatic heterocycles. The molecule has 0 unspecified atom stereocenters. The molecule has 2 heterocycles. The molecule has 0 radical (unpaired) electrons. The van der Waals surface area contributed by atoms with Crippen LogP contribution in [0.2, 0.25) is 0 Å². The predicted octanol–water partition coefficient (Wildman–Crippen LogP) is 1.87. The second kappa shape index (κ2) is 6.60. The van der Waals surface area contributed by atoms with Crippen LogP contribution >= 0.6 is 0 Å². The Morgan fingerprint density at radius 2 is 1.85 bits per heavy atom. The van der Waals surface area contributed by atoms with Gasteiger partial charge >= 0.3 is 11.9 Å². The first-order chi connectivity index (χ1) is 12.6. The van der Waals surface area contributed by atoms with Crippen molar-refractivity contribution in [3.63, 3.8) is 0 Å². The number of rotatable bonds is 4. The van der Waals surface area contributed by atoms with Gasteiger partial charge in [-0.3, -0.25) is 13.9 Å². The first kappa shape index (κ1) is 18.7. The summed E-state index contributed by atoms with van der Waals surface area (Å²) in [5.74, 6) is 0. The standard InChI is InChI=1S/C17H18F3N5O2/c1-10-4-5-11(8-12(10)17(18,19)20)21-6-7-25-9-22-14-13(25)15(26)24(3)16(27)23(14)2/h4-5,8-9,21H,6-7H2,1-3H3. The van der Waals surface area contributed by atoms with Gasteiger partial charge in [0.25, 0.3) is 5.56 Å². The number of imidazole rings is 1. The lowest BCUT2D eigenvalue weighted by molar-refractivity contribution is -0.138. The maximum absolute atomic E-state index is 13.0. The molecule has 0 amide bonds. The average Bonchev–Trinajstić information content (AvgIpc) is 3.02. The number of hydrogen-bond acceptors (Lipinski definition) is 4. The van der Waals surface area contributed by atoms with Gasteiger partial charge in [-0.15, -0.1) is 0 Å².